The molecule has 1 saturated heterocycles. The molecule has 0 aromatic heterocycles. The van der Waals surface area contributed by atoms with Gasteiger partial charge in [-0.15, -0.1) is 0 Å². The van der Waals surface area contributed by atoms with Gasteiger partial charge in [0, 0.05) is 19.1 Å². The van der Waals surface area contributed by atoms with Gasteiger partial charge in [0.1, 0.15) is 0 Å². The van der Waals surface area contributed by atoms with Gasteiger partial charge in [-0.1, -0.05) is 19.1 Å². The average molecular weight is 254 g/mol. The predicted octanol–water partition coefficient (Wildman–Crippen LogP) is 0.963. The number of sulfonamides is 1. The lowest BCUT2D eigenvalue weighted by Gasteiger charge is -2.16. The first-order chi connectivity index (χ1) is 7.91. The van der Waals surface area contributed by atoms with Gasteiger partial charge in [0.15, 0.2) is 0 Å². The number of rotatable bonds is 2. The van der Waals surface area contributed by atoms with Crippen LogP contribution in [0, 0.1) is 12.8 Å². The number of benzene rings is 1. The number of hydrogen-bond acceptors (Lipinski definition) is 3. The summed E-state index contributed by atoms with van der Waals surface area (Å²) in [5, 5.41) is 0. The van der Waals surface area contributed by atoms with Crippen LogP contribution in [0.15, 0.2) is 29.2 Å². The summed E-state index contributed by atoms with van der Waals surface area (Å²) < 4.78 is 26.2. The highest BCUT2D eigenvalue weighted by molar-refractivity contribution is 7.89. The molecule has 0 amide bonds. The van der Waals surface area contributed by atoms with Crippen molar-refractivity contribution in [3.63, 3.8) is 0 Å². The molecule has 1 aliphatic rings. The summed E-state index contributed by atoms with van der Waals surface area (Å²) in [5.74, 6) is 0.217. The summed E-state index contributed by atoms with van der Waals surface area (Å²) in [4.78, 5) is 0.360. The second-order valence-electron chi connectivity index (χ2n) is 4.78. The van der Waals surface area contributed by atoms with E-state index in [2.05, 4.69) is 0 Å². The zero-order chi connectivity index (χ0) is 12.6. The van der Waals surface area contributed by atoms with Crippen LogP contribution in [0.25, 0.3) is 0 Å². The molecular formula is C12H18N2O2S. The second kappa shape index (κ2) is 4.40. The first-order valence-electron chi connectivity index (χ1n) is 5.73. The third-order valence-corrected chi connectivity index (χ3v) is 5.09. The lowest BCUT2D eigenvalue weighted by atomic mass is 10.1. The maximum atomic E-state index is 12.3. The summed E-state index contributed by atoms with van der Waals surface area (Å²) in [6.07, 6.45) is 0. The van der Waals surface area contributed by atoms with Gasteiger partial charge >= 0.3 is 0 Å². The first-order valence-corrected chi connectivity index (χ1v) is 7.17. The van der Waals surface area contributed by atoms with Crippen molar-refractivity contribution in [2.24, 2.45) is 11.7 Å². The maximum absolute atomic E-state index is 12.3. The highest BCUT2D eigenvalue weighted by Gasteiger charge is 2.35. The zero-order valence-electron chi connectivity index (χ0n) is 10.1. The van der Waals surface area contributed by atoms with E-state index in [0.29, 0.717) is 18.0 Å². The summed E-state index contributed by atoms with van der Waals surface area (Å²) >= 11 is 0. The fourth-order valence-electron chi connectivity index (χ4n) is 2.07. The number of aryl methyl sites for hydroxylation is 1. The largest absolute Gasteiger partial charge is 0.326 e. The molecule has 0 saturated carbocycles. The van der Waals surface area contributed by atoms with Crippen LogP contribution in [0.2, 0.25) is 0 Å². The van der Waals surface area contributed by atoms with Crippen molar-refractivity contribution in [2.45, 2.75) is 24.8 Å². The van der Waals surface area contributed by atoms with Gasteiger partial charge in [-0.25, -0.2) is 8.42 Å². The fraction of sp³-hybridized carbons (Fsp3) is 0.500. The van der Waals surface area contributed by atoms with Crippen LogP contribution in [-0.2, 0) is 10.0 Å². The smallest absolute Gasteiger partial charge is 0.243 e. The van der Waals surface area contributed by atoms with Crippen LogP contribution in [0.4, 0.5) is 0 Å². The van der Waals surface area contributed by atoms with Crippen LogP contribution >= 0.6 is 0 Å². The Morgan fingerprint density at radius 1 is 1.35 bits per heavy atom. The second-order valence-corrected chi connectivity index (χ2v) is 6.72. The molecule has 0 aliphatic carbocycles. The number of nitrogens with two attached hydrogens (primary N) is 1. The molecule has 0 radical (unpaired) electrons. The minimum absolute atomic E-state index is 0.0606. The predicted molar refractivity (Wildman–Crippen MR) is 67.1 cm³/mol. The summed E-state index contributed by atoms with van der Waals surface area (Å²) in [5.41, 5.74) is 6.81. The molecule has 2 atom stereocenters. The Balaban J connectivity index is 2.32. The lowest BCUT2D eigenvalue weighted by molar-refractivity contribution is 0.464. The Hall–Kier alpha value is -0.910. The molecule has 2 N–H and O–H groups in total. The molecule has 1 heterocycles. The van der Waals surface area contributed by atoms with E-state index in [-0.39, 0.29) is 12.0 Å². The summed E-state index contributed by atoms with van der Waals surface area (Å²) in [6.45, 7) is 4.79. The minimum atomic E-state index is -3.37. The molecule has 0 spiro atoms. The van der Waals surface area contributed by atoms with Gasteiger partial charge in [-0.05, 0) is 30.5 Å². The van der Waals surface area contributed by atoms with E-state index < -0.39 is 10.0 Å². The van der Waals surface area contributed by atoms with E-state index in [1.54, 1.807) is 18.2 Å². The Bertz CT molecular complexity index is 503. The van der Waals surface area contributed by atoms with Gasteiger partial charge in [0.05, 0.1) is 4.90 Å². The highest BCUT2D eigenvalue weighted by atomic mass is 32.2. The molecule has 1 aliphatic heterocycles. The third kappa shape index (κ3) is 2.36. The number of nitrogens with zero attached hydrogens (tertiary/aromatic N) is 1. The third-order valence-electron chi connectivity index (χ3n) is 3.26. The molecular weight excluding hydrogens is 236 g/mol. The van der Waals surface area contributed by atoms with E-state index in [1.807, 2.05) is 19.9 Å². The van der Waals surface area contributed by atoms with Gasteiger partial charge in [0.2, 0.25) is 10.0 Å². The van der Waals surface area contributed by atoms with E-state index >= 15 is 0 Å². The van der Waals surface area contributed by atoms with Crippen LogP contribution in [0.5, 0.6) is 0 Å². The molecule has 1 fully saturated rings. The van der Waals surface area contributed by atoms with Gasteiger partial charge in [-0.2, -0.15) is 4.31 Å². The Labute approximate surface area is 102 Å². The van der Waals surface area contributed by atoms with Crippen LogP contribution in [-0.4, -0.2) is 31.9 Å². The molecule has 1 aromatic rings. The molecule has 94 valence electrons. The molecule has 4 nitrogen and oxygen atoms in total. The molecule has 2 unspecified atom stereocenters. The SMILES string of the molecule is Cc1cccc(S(=O)(=O)N2CC(C)C(N)C2)c1. The fourth-order valence-corrected chi connectivity index (χ4v) is 3.75. The van der Waals surface area contributed by atoms with E-state index in [1.165, 1.54) is 4.31 Å². The van der Waals surface area contributed by atoms with Crippen LogP contribution in [0.1, 0.15) is 12.5 Å². The van der Waals surface area contributed by atoms with Crippen LogP contribution in [0.3, 0.4) is 0 Å². The topological polar surface area (TPSA) is 63.4 Å². The first kappa shape index (κ1) is 12.5. The molecule has 0 bridgehead atoms. The van der Waals surface area contributed by atoms with Crippen molar-refractivity contribution in [2.75, 3.05) is 13.1 Å². The highest BCUT2D eigenvalue weighted by Crippen LogP contribution is 2.23. The van der Waals surface area contributed by atoms with Crippen LogP contribution < -0.4 is 5.73 Å². The monoisotopic (exact) mass is 254 g/mol. The Morgan fingerprint density at radius 2 is 2.06 bits per heavy atom. The Kier molecular flexibility index (Phi) is 3.25. The van der Waals surface area contributed by atoms with Crippen molar-refractivity contribution < 1.29 is 8.42 Å². The normalized spacial score (nSPS) is 26.3. The zero-order valence-corrected chi connectivity index (χ0v) is 10.9. The molecule has 17 heavy (non-hydrogen) atoms. The standard InChI is InChI=1S/C12H18N2O2S/c1-9-4-3-5-11(6-9)17(15,16)14-7-10(2)12(13)8-14/h3-6,10,12H,7-8,13H2,1-2H3. The molecule has 5 heteroatoms. The van der Waals surface area contributed by atoms with Crippen molar-refractivity contribution in [3.05, 3.63) is 29.8 Å². The van der Waals surface area contributed by atoms with Crippen molar-refractivity contribution in [3.8, 4) is 0 Å². The number of hydrogen-bond donors (Lipinski definition) is 1. The van der Waals surface area contributed by atoms with Crippen molar-refractivity contribution in [1.82, 2.24) is 4.31 Å². The molecule has 2 rings (SSSR count). The van der Waals surface area contributed by atoms with Gasteiger partial charge in [0.25, 0.3) is 0 Å². The lowest BCUT2D eigenvalue weighted by Crippen LogP contribution is -2.32. The maximum Gasteiger partial charge on any atom is 0.243 e. The van der Waals surface area contributed by atoms with Crippen molar-refractivity contribution in [1.29, 1.82) is 0 Å². The summed E-state index contributed by atoms with van der Waals surface area (Å²) in [7, 11) is -3.37. The van der Waals surface area contributed by atoms with Crippen molar-refractivity contribution >= 4 is 10.0 Å². The van der Waals surface area contributed by atoms with E-state index in [4.69, 9.17) is 5.73 Å². The quantitative estimate of drug-likeness (QED) is 0.855. The summed E-state index contributed by atoms with van der Waals surface area (Å²) in [6, 6.07) is 6.93. The van der Waals surface area contributed by atoms with E-state index in [9.17, 15) is 8.42 Å². The Morgan fingerprint density at radius 3 is 2.59 bits per heavy atom. The average Bonchev–Trinajstić information content (AvgIpc) is 2.60. The van der Waals surface area contributed by atoms with Gasteiger partial charge < -0.3 is 5.73 Å². The molecule has 1 aromatic carbocycles. The van der Waals surface area contributed by atoms with E-state index in [0.717, 1.165) is 5.56 Å². The minimum Gasteiger partial charge on any atom is -0.326 e. The van der Waals surface area contributed by atoms with Gasteiger partial charge in [-0.3, -0.25) is 0 Å².